The van der Waals surface area contributed by atoms with E-state index >= 15 is 0 Å². The van der Waals surface area contributed by atoms with E-state index in [0.717, 1.165) is 31.4 Å². The van der Waals surface area contributed by atoms with E-state index in [1.54, 1.807) is 0 Å². The molecular formula is C18H29N3O2. The van der Waals surface area contributed by atoms with Crippen molar-refractivity contribution in [1.82, 2.24) is 0 Å². The predicted octanol–water partition coefficient (Wildman–Crippen LogP) is 3.66. The molecule has 23 heavy (non-hydrogen) atoms. The quantitative estimate of drug-likeness (QED) is 0.315. The van der Waals surface area contributed by atoms with Crippen LogP contribution in [0.15, 0.2) is 29.3 Å². The van der Waals surface area contributed by atoms with Gasteiger partial charge >= 0.3 is 5.97 Å². The molecule has 0 amide bonds. The average molecular weight is 319 g/mol. The van der Waals surface area contributed by atoms with Gasteiger partial charge in [0, 0.05) is 18.7 Å². The highest BCUT2D eigenvalue weighted by Crippen LogP contribution is 2.20. The molecule has 0 saturated heterocycles. The number of esters is 1. The SMILES string of the molecule is CCC(C)c1ccc(NC(N)=NCCCCCC(=O)OC)cc1. The van der Waals surface area contributed by atoms with E-state index in [2.05, 4.69) is 41.0 Å². The molecule has 3 N–H and O–H groups in total. The van der Waals surface area contributed by atoms with Crippen LogP contribution >= 0.6 is 0 Å². The summed E-state index contributed by atoms with van der Waals surface area (Å²) >= 11 is 0. The van der Waals surface area contributed by atoms with Crippen LogP contribution in [0.5, 0.6) is 0 Å². The van der Waals surface area contributed by atoms with Crippen molar-refractivity contribution in [2.45, 2.75) is 51.9 Å². The van der Waals surface area contributed by atoms with Crippen molar-refractivity contribution in [2.24, 2.45) is 10.7 Å². The van der Waals surface area contributed by atoms with E-state index in [1.807, 2.05) is 12.1 Å². The highest BCUT2D eigenvalue weighted by Gasteiger charge is 2.03. The molecule has 0 fully saturated rings. The third kappa shape index (κ3) is 7.68. The van der Waals surface area contributed by atoms with Gasteiger partial charge in [0.15, 0.2) is 5.96 Å². The first-order chi connectivity index (χ1) is 11.1. The number of rotatable bonds is 9. The molecule has 128 valence electrons. The summed E-state index contributed by atoms with van der Waals surface area (Å²) in [6.07, 6.45) is 4.28. The molecule has 1 unspecified atom stereocenters. The second kappa shape index (κ2) is 10.6. The summed E-state index contributed by atoms with van der Waals surface area (Å²) in [4.78, 5) is 15.3. The molecule has 5 nitrogen and oxygen atoms in total. The Labute approximate surface area is 139 Å². The number of methoxy groups -OCH3 is 1. The maximum absolute atomic E-state index is 11.0. The van der Waals surface area contributed by atoms with Gasteiger partial charge in [-0.25, -0.2) is 0 Å². The Kier molecular flexibility index (Phi) is 8.80. The zero-order valence-electron chi connectivity index (χ0n) is 14.5. The lowest BCUT2D eigenvalue weighted by atomic mass is 9.99. The van der Waals surface area contributed by atoms with E-state index < -0.39 is 0 Å². The van der Waals surface area contributed by atoms with Gasteiger partial charge in [0.1, 0.15) is 0 Å². The molecular weight excluding hydrogens is 290 g/mol. The van der Waals surface area contributed by atoms with E-state index in [-0.39, 0.29) is 5.97 Å². The Bertz CT molecular complexity index is 497. The number of carbonyl (C=O) groups is 1. The van der Waals surface area contributed by atoms with Crippen molar-refractivity contribution in [3.05, 3.63) is 29.8 Å². The van der Waals surface area contributed by atoms with Crippen molar-refractivity contribution in [1.29, 1.82) is 0 Å². The Morgan fingerprint density at radius 2 is 1.96 bits per heavy atom. The summed E-state index contributed by atoms with van der Waals surface area (Å²) < 4.78 is 4.60. The van der Waals surface area contributed by atoms with E-state index in [9.17, 15) is 4.79 Å². The standard InChI is InChI=1S/C18H29N3O2/c1-4-14(2)15-9-11-16(12-10-15)21-18(19)20-13-7-5-6-8-17(22)23-3/h9-12,14H,4-8,13H2,1-3H3,(H3,19,20,21). The molecule has 1 atom stereocenters. The number of nitrogens with zero attached hydrogens (tertiary/aromatic N) is 1. The van der Waals surface area contributed by atoms with Crippen molar-refractivity contribution >= 4 is 17.6 Å². The maximum Gasteiger partial charge on any atom is 0.305 e. The lowest BCUT2D eigenvalue weighted by Crippen LogP contribution is -2.22. The number of benzene rings is 1. The van der Waals surface area contributed by atoms with Crippen LogP contribution in [0.2, 0.25) is 0 Å². The summed E-state index contributed by atoms with van der Waals surface area (Å²) in [6.45, 7) is 5.07. The van der Waals surface area contributed by atoms with E-state index in [0.29, 0.717) is 24.8 Å². The number of hydrogen-bond donors (Lipinski definition) is 2. The van der Waals surface area contributed by atoms with Gasteiger partial charge in [0.05, 0.1) is 7.11 Å². The second-order valence-electron chi connectivity index (χ2n) is 5.71. The number of ether oxygens (including phenoxy) is 1. The van der Waals surface area contributed by atoms with Gasteiger partial charge in [-0.1, -0.05) is 32.4 Å². The molecule has 5 heteroatoms. The molecule has 0 radical (unpaired) electrons. The molecule has 0 aliphatic rings. The number of guanidine groups is 1. The third-order valence-electron chi connectivity index (χ3n) is 3.91. The minimum Gasteiger partial charge on any atom is -0.469 e. The van der Waals surface area contributed by atoms with Crippen molar-refractivity contribution < 1.29 is 9.53 Å². The molecule has 0 aromatic heterocycles. The Morgan fingerprint density at radius 1 is 1.26 bits per heavy atom. The van der Waals surface area contributed by atoms with Gasteiger partial charge in [-0.3, -0.25) is 9.79 Å². The van der Waals surface area contributed by atoms with Gasteiger partial charge in [-0.2, -0.15) is 0 Å². The van der Waals surface area contributed by atoms with Crippen LogP contribution in [0, 0.1) is 0 Å². The molecule has 0 aliphatic heterocycles. The summed E-state index contributed by atoms with van der Waals surface area (Å²) in [5.74, 6) is 0.838. The lowest BCUT2D eigenvalue weighted by molar-refractivity contribution is -0.140. The fraction of sp³-hybridized carbons (Fsp3) is 0.556. The molecule has 0 bridgehead atoms. The van der Waals surface area contributed by atoms with E-state index in [4.69, 9.17) is 5.73 Å². The molecule has 0 spiro atoms. The van der Waals surface area contributed by atoms with Crippen LogP contribution in [0.3, 0.4) is 0 Å². The predicted molar refractivity (Wildman–Crippen MR) is 95.7 cm³/mol. The Balaban J connectivity index is 2.29. The molecule has 0 saturated carbocycles. The third-order valence-corrected chi connectivity index (χ3v) is 3.91. The summed E-state index contributed by atoms with van der Waals surface area (Å²) in [5.41, 5.74) is 8.16. The molecule has 1 aromatic carbocycles. The lowest BCUT2D eigenvalue weighted by Gasteiger charge is -2.10. The van der Waals surface area contributed by atoms with Crippen LogP contribution in [-0.2, 0) is 9.53 Å². The summed E-state index contributed by atoms with van der Waals surface area (Å²) in [6, 6.07) is 8.30. The largest absolute Gasteiger partial charge is 0.469 e. The number of hydrogen-bond acceptors (Lipinski definition) is 3. The second-order valence-corrected chi connectivity index (χ2v) is 5.71. The van der Waals surface area contributed by atoms with Crippen molar-refractivity contribution in [3.8, 4) is 0 Å². The summed E-state index contributed by atoms with van der Waals surface area (Å²) in [7, 11) is 1.41. The van der Waals surface area contributed by atoms with Crippen LogP contribution in [-0.4, -0.2) is 25.6 Å². The van der Waals surface area contributed by atoms with Crippen molar-refractivity contribution in [3.63, 3.8) is 0 Å². The number of unbranched alkanes of at least 4 members (excludes halogenated alkanes) is 2. The first-order valence-corrected chi connectivity index (χ1v) is 8.30. The van der Waals surface area contributed by atoms with Gasteiger partial charge in [-0.05, 0) is 42.9 Å². The fourth-order valence-corrected chi connectivity index (χ4v) is 2.18. The monoisotopic (exact) mass is 319 g/mol. The maximum atomic E-state index is 11.0. The Hall–Kier alpha value is -2.04. The number of nitrogens with two attached hydrogens (primary N) is 1. The molecule has 1 rings (SSSR count). The topological polar surface area (TPSA) is 76.7 Å². The summed E-state index contributed by atoms with van der Waals surface area (Å²) in [5, 5.41) is 3.10. The Morgan fingerprint density at radius 3 is 2.57 bits per heavy atom. The van der Waals surface area contributed by atoms with Crippen molar-refractivity contribution in [2.75, 3.05) is 19.0 Å². The highest BCUT2D eigenvalue weighted by molar-refractivity contribution is 5.92. The average Bonchev–Trinajstić information content (AvgIpc) is 2.57. The minimum atomic E-state index is -0.157. The minimum absolute atomic E-state index is 0.157. The molecule has 0 aliphatic carbocycles. The zero-order chi connectivity index (χ0) is 17.1. The van der Waals surface area contributed by atoms with Crippen LogP contribution in [0.1, 0.15) is 57.4 Å². The number of nitrogens with one attached hydrogen (secondary N) is 1. The normalized spacial score (nSPS) is 12.7. The zero-order valence-corrected chi connectivity index (χ0v) is 14.5. The van der Waals surface area contributed by atoms with Crippen LogP contribution in [0.4, 0.5) is 5.69 Å². The van der Waals surface area contributed by atoms with Gasteiger partial charge in [-0.15, -0.1) is 0 Å². The van der Waals surface area contributed by atoms with Gasteiger partial charge in [0.25, 0.3) is 0 Å². The highest BCUT2D eigenvalue weighted by atomic mass is 16.5. The first-order valence-electron chi connectivity index (χ1n) is 8.30. The molecule has 1 aromatic rings. The fourth-order valence-electron chi connectivity index (χ4n) is 2.18. The first kappa shape index (κ1) is 19.0. The van der Waals surface area contributed by atoms with Crippen LogP contribution < -0.4 is 11.1 Å². The number of carbonyl (C=O) groups excluding carboxylic acids is 1. The van der Waals surface area contributed by atoms with Gasteiger partial charge < -0.3 is 15.8 Å². The number of aliphatic imine (C=N–C) groups is 1. The smallest absolute Gasteiger partial charge is 0.305 e. The molecule has 0 heterocycles. The van der Waals surface area contributed by atoms with Crippen LogP contribution in [0.25, 0.3) is 0 Å². The van der Waals surface area contributed by atoms with E-state index in [1.165, 1.54) is 12.7 Å². The van der Waals surface area contributed by atoms with Gasteiger partial charge in [0.2, 0.25) is 0 Å². The number of anilines is 1.